The molecule has 0 spiro atoms. The molecule has 2 amide bonds. The molecule has 7 rings (SSSR count). The number of benzene rings is 1. The fraction of sp³-hybridized carbons (Fsp3) is 0.683. The first-order valence-corrected chi connectivity index (χ1v) is 21.7. The largest absolute Gasteiger partial charge is 0.496 e. The van der Waals surface area contributed by atoms with Gasteiger partial charge in [0.15, 0.2) is 5.78 Å². The number of pyridine rings is 1. The number of nitrogens with zero attached hydrogens (tertiary/aromatic N) is 2. The first kappa shape index (κ1) is 38.5. The number of Topliss-reactive ketones (excluding diaryl/α,β-unsaturated/α-hetero) is 1. The Morgan fingerprint density at radius 3 is 2.54 bits per heavy atom. The molecular weight excluding hydrogens is 711 g/mol. The zero-order valence-corrected chi connectivity index (χ0v) is 32.5. The zero-order valence-electron chi connectivity index (χ0n) is 31.7. The van der Waals surface area contributed by atoms with Crippen molar-refractivity contribution in [2.45, 2.75) is 133 Å². The second-order valence-corrected chi connectivity index (χ2v) is 18.6. The van der Waals surface area contributed by atoms with E-state index in [1.54, 1.807) is 18.2 Å². The van der Waals surface area contributed by atoms with E-state index in [9.17, 15) is 27.6 Å². The summed E-state index contributed by atoms with van der Waals surface area (Å²) in [6, 6.07) is 5.04. The van der Waals surface area contributed by atoms with E-state index in [4.69, 9.17) is 14.2 Å². The summed E-state index contributed by atoms with van der Waals surface area (Å²) < 4.78 is 46.2. The van der Waals surface area contributed by atoms with Crippen molar-refractivity contribution in [2.75, 3.05) is 20.3 Å². The maximum absolute atomic E-state index is 14.6. The van der Waals surface area contributed by atoms with Gasteiger partial charge in [-0.25, -0.2) is 13.4 Å². The highest BCUT2D eigenvalue weighted by molar-refractivity contribution is 7.90. The average Bonchev–Trinajstić information content (AvgIpc) is 4.07. The Morgan fingerprint density at radius 2 is 1.76 bits per heavy atom. The molecule has 54 heavy (non-hydrogen) atoms. The number of methoxy groups -OCH3 is 1. The van der Waals surface area contributed by atoms with Crippen LogP contribution < -0.4 is 14.2 Å². The second kappa shape index (κ2) is 16.2. The maximum Gasteiger partial charge on any atom is 0.306 e. The molecule has 1 aromatic heterocycles. The van der Waals surface area contributed by atoms with Crippen molar-refractivity contribution in [2.24, 2.45) is 23.2 Å². The molecule has 12 nitrogen and oxygen atoms in total. The highest BCUT2D eigenvalue weighted by atomic mass is 32.2. The summed E-state index contributed by atoms with van der Waals surface area (Å²) in [6.45, 7) is 2.45. The zero-order chi connectivity index (χ0) is 38.0. The predicted molar refractivity (Wildman–Crippen MR) is 201 cm³/mol. The van der Waals surface area contributed by atoms with E-state index in [2.05, 4.69) is 22.7 Å². The van der Waals surface area contributed by atoms with Gasteiger partial charge in [0.1, 0.15) is 11.9 Å². The summed E-state index contributed by atoms with van der Waals surface area (Å²) in [7, 11) is -2.15. The Morgan fingerprint density at radius 1 is 1.00 bits per heavy atom. The van der Waals surface area contributed by atoms with E-state index in [0.717, 1.165) is 86.3 Å². The third kappa shape index (κ3) is 8.55. The lowest BCUT2D eigenvalue weighted by molar-refractivity contribution is -0.151. The number of ketones is 1. The van der Waals surface area contributed by atoms with Crippen LogP contribution in [0, 0.1) is 23.2 Å². The minimum Gasteiger partial charge on any atom is -0.496 e. The van der Waals surface area contributed by atoms with E-state index in [0.29, 0.717) is 31.6 Å². The molecule has 2 aliphatic carbocycles. The Labute approximate surface area is 318 Å². The molecular formula is C41H55N3O9S. The summed E-state index contributed by atoms with van der Waals surface area (Å²) in [4.78, 5) is 62.5. The van der Waals surface area contributed by atoms with Crippen LogP contribution in [-0.4, -0.2) is 79.5 Å². The van der Waals surface area contributed by atoms with Gasteiger partial charge in [-0.1, -0.05) is 45.4 Å². The number of amides is 2. The number of nitrogens with one attached hydrogen (secondary N) is 1. The fourth-order valence-electron chi connectivity index (χ4n) is 8.99. The molecule has 6 atom stereocenters. The Hall–Kier alpha value is -3.74. The molecule has 1 aromatic carbocycles. The quantitative estimate of drug-likeness (QED) is 0.376. The van der Waals surface area contributed by atoms with Crippen LogP contribution in [0.4, 0.5) is 0 Å². The van der Waals surface area contributed by atoms with Crippen LogP contribution in [0.3, 0.4) is 0 Å². The van der Waals surface area contributed by atoms with Crippen LogP contribution in [0.2, 0.25) is 0 Å². The van der Waals surface area contributed by atoms with Crippen LogP contribution >= 0.6 is 0 Å². The normalized spacial score (nSPS) is 30.5. The maximum atomic E-state index is 14.6. The van der Waals surface area contributed by atoms with Crippen molar-refractivity contribution >= 4 is 44.4 Å². The SMILES string of the molecule is COc1cc2ccnc3c2cc1CCCC[C@H](C)COC(=O)C[C@H]1CCCCCCC[C@@H]2C[C@@]2(C(=O)NS(=O)(=O)C2CC2)CC(=O)[C@@H]2C[C@H](CN2C1=O)O3. The number of aromatic nitrogens is 1. The van der Waals surface area contributed by atoms with E-state index in [-0.39, 0.29) is 55.9 Å². The molecule has 0 radical (unpaired) electrons. The first-order valence-electron chi connectivity index (χ1n) is 20.1. The lowest BCUT2D eigenvalue weighted by Gasteiger charge is -2.29. The van der Waals surface area contributed by atoms with Gasteiger partial charge in [0.25, 0.3) is 0 Å². The number of aryl methyl sites for hydroxylation is 1. The number of carbonyl (C=O) groups is 4. The summed E-state index contributed by atoms with van der Waals surface area (Å²) in [5, 5.41) is 1.14. The average molecular weight is 766 g/mol. The Kier molecular flexibility index (Phi) is 11.5. The predicted octanol–water partition coefficient (Wildman–Crippen LogP) is 5.82. The Bertz CT molecular complexity index is 1860. The van der Waals surface area contributed by atoms with Crippen LogP contribution in [0.25, 0.3) is 10.8 Å². The van der Waals surface area contributed by atoms with Crippen molar-refractivity contribution in [3.05, 3.63) is 30.0 Å². The molecule has 4 heterocycles. The number of cyclic esters (lactones) is 1. The minimum atomic E-state index is -3.81. The molecule has 2 aromatic rings. The molecule has 13 heteroatoms. The van der Waals surface area contributed by atoms with Gasteiger partial charge in [-0.3, -0.25) is 23.9 Å². The number of fused-ring (bicyclic) bond motifs is 4. The Balaban J connectivity index is 1.22. The van der Waals surface area contributed by atoms with Crippen LogP contribution in [0.5, 0.6) is 11.6 Å². The van der Waals surface area contributed by atoms with Gasteiger partial charge in [-0.05, 0) is 92.4 Å². The molecule has 294 valence electrons. The van der Waals surface area contributed by atoms with Gasteiger partial charge in [0.2, 0.25) is 27.7 Å². The van der Waals surface area contributed by atoms with E-state index < -0.39 is 50.6 Å². The first-order chi connectivity index (χ1) is 26.0. The van der Waals surface area contributed by atoms with Gasteiger partial charge in [-0.15, -0.1) is 0 Å². The van der Waals surface area contributed by atoms with Gasteiger partial charge in [0.05, 0.1) is 43.4 Å². The van der Waals surface area contributed by atoms with Gasteiger partial charge in [0, 0.05) is 30.3 Å². The summed E-state index contributed by atoms with van der Waals surface area (Å²) in [5.74, 6) is -1.06. The van der Waals surface area contributed by atoms with Gasteiger partial charge < -0.3 is 19.1 Å². The smallest absolute Gasteiger partial charge is 0.306 e. The van der Waals surface area contributed by atoms with Crippen LogP contribution in [0.1, 0.15) is 115 Å². The number of esters is 1. The molecule has 1 N–H and O–H groups in total. The number of sulfonamides is 1. The third-order valence-electron chi connectivity index (χ3n) is 12.5. The molecule has 4 fully saturated rings. The van der Waals surface area contributed by atoms with Crippen LogP contribution in [0.15, 0.2) is 24.4 Å². The molecule has 5 bridgehead atoms. The topological polar surface area (TPSA) is 158 Å². The van der Waals surface area contributed by atoms with Crippen molar-refractivity contribution < 1.29 is 41.8 Å². The monoisotopic (exact) mass is 765 g/mol. The number of hydrogen-bond acceptors (Lipinski definition) is 10. The minimum absolute atomic E-state index is 0.0750. The summed E-state index contributed by atoms with van der Waals surface area (Å²) >= 11 is 0. The fourth-order valence-corrected chi connectivity index (χ4v) is 10.4. The van der Waals surface area contributed by atoms with Gasteiger partial charge >= 0.3 is 5.97 Å². The summed E-state index contributed by atoms with van der Waals surface area (Å²) in [5.41, 5.74) is -0.108. The van der Waals surface area contributed by atoms with E-state index in [1.807, 2.05) is 12.1 Å². The standard InChI is InChI=1S/C41H55N3O9S/c1-26-10-8-9-11-28-18-33-27(19-36(28)51-2)16-17-42-38(33)53-31-21-34-35(45)23-41(40(48)43-54(49,50)32-14-15-32)22-30(41)13-7-5-3-4-6-12-29(20-37(46)52-25-26)39(47)44(34)24-31/h16-19,26,29-32,34H,3-15,20-25H2,1-2H3,(H,43,48)/t26-,29+,30+,31+,34-,41+/m0/s1. The lowest BCUT2D eigenvalue weighted by atomic mass is 9.90. The van der Waals surface area contributed by atoms with Crippen LogP contribution in [-0.2, 0) is 40.4 Å². The number of ether oxygens (including phenoxy) is 3. The van der Waals surface area contributed by atoms with E-state index in [1.165, 1.54) is 0 Å². The number of hydrogen-bond donors (Lipinski definition) is 1. The van der Waals surface area contributed by atoms with Gasteiger partial charge in [-0.2, -0.15) is 0 Å². The number of rotatable bonds is 4. The van der Waals surface area contributed by atoms with Crippen molar-refractivity contribution in [3.63, 3.8) is 0 Å². The third-order valence-corrected chi connectivity index (χ3v) is 14.3. The molecule has 2 saturated carbocycles. The summed E-state index contributed by atoms with van der Waals surface area (Å²) in [6.07, 6.45) is 11.7. The van der Waals surface area contributed by atoms with E-state index >= 15 is 0 Å². The highest BCUT2D eigenvalue weighted by Crippen LogP contribution is 2.59. The van der Waals surface area contributed by atoms with Crippen molar-refractivity contribution in [1.82, 2.24) is 14.6 Å². The highest BCUT2D eigenvalue weighted by Gasteiger charge is 2.62. The molecule has 5 aliphatic rings. The lowest BCUT2D eigenvalue weighted by Crippen LogP contribution is -2.46. The molecule has 2 saturated heterocycles. The molecule has 3 aliphatic heterocycles. The van der Waals surface area contributed by atoms with Crippen molar-refractivity contribution in [3.8, 4) is 11.6 Å². The van der Waals surface area contributed by atoms with Crippen molar-refractivity contribution in [1.29, 1.82) is 0 Å². The number of carbonyl (C=O) groups excluding carboxylic acids is 4. The molecule has 0 unspecified atom stereocenters. The second-order valence-electron chi connectivity index (χ2n) is 16.6.